The van der Waals surface area contributed by atoms with Crippen molar-refractivity contribution >= 4 is 17.7 Å². The molecule has 1 saturated heterocycles. The SMILES string of the molecule is Cc1cc(N2CCCC2)nc(NCCNC(=O)COc2ccccc2C)n1. The van der Waals surface area contributed by atoms with Gasteiger partial charge in [-0.3, -0.25) is 4.79 Å². The van der Waals surface area contributed by atoms with Gasteiger partial charge in [0.2, 0.25) is 5.95 Å². The lowest BCUT2D eigenvalue weighted by Gasteiger charge is -2.17. The molecular formula is C20H27N5O2. The molecular weight excluding hydrogens is 342 g/mol. The number of aromatic nitrogens is 2. The van der Waals surface area contributed by atoms with E-state index in [1.165, 1.54) is 12.8 Å². The normalized spacial score (nSPS) is 13.5. The van der Waals surface area contributed by atoms with Crippen molar-refractivity contribution in [2.45, 2.75) is 26.7 Å². The van der Waals surface area contributed by atoms with Gasteiger partial charge < -0.3 is 20.3 Å². The number of rotatable bonds is 8. The molecule has 2 N–H and O–H groups in total. The van der Waals surface area contributed by atoms with Gasteiger partial charge in [0.25, 0.3) is 5.91 Å². The van der Waals surface area contributed by atoms with Crippen LogP contribution in [-0.4, -0.2) is 48.7 Å². The molecule has 0 aliphatic carbocycles. The summed E-state index contributed by atoms with van der Waals surface area (Å²) in [6.45, 7) is 7.06. The average molecular weight is 369 g/mol. The van der Waals surface area contributed by atoms with Crippen LogP contribution in [0.2, 0.25) is 0 Å². The number of hydrogen-bond acceptors (Lipinski definition) is 6. The minimum Gasteiger partial charge on any atom is -0.484 e. The second kappa shape index (κ2) is 9.21. The topological polar surface area (TPSA) is 79.4 Å². The van der Waals surface area contributed by atoms with Crippen molar-refractivity contribution in [2.24, 2.45) is 0 Å². The second-order valence-corrected chi connectivity index (χ2v) is 6.72. The van der Waals surface area contributed by atoms with Crippen molar-refractivity contribution in [3.05, 3.63) is 41.6 Å². The number of carbonyl (C=O) groups excluding carboxylic acids is 1. The van der Waals surface area contributed by atoms with Crippen molar-refractivity contribution in [2.75, 3.05) is 43.0 Å². The van der Waals surface area contributed by atoms with E-state index in [4.69, 9.17) is 4.74 Å². The molecule has 7 nitrogen and oxygen atoms in total. The summed E-state index contributed by atoms with van der Waals surface area (Å²) in [5.41, 5.74) is 1.95. The zero-order valence-corrected chi connectivity index (χ0v) is 16.0. The number of benzene rings is 1. The van der Waals surface area contributed by atoms with Crippen molar-refractivity contribution in [3.63, 3.8) is 0 Å². The fraction of sp³-hybridized carbons (Fsp3) is 0.450. The maximum atomic E-state index is 11.9. The quantitative estimate of drug-likeness (QED) is 0.695. The van der Waals surface area contributed by atoms with E-state index in [9.17, 15) is 4.79 Å². The number of nitrogens with one attached hydrogen (secondary N) is 2. The second-order valence-electron chi connectivity index (χ2n) is 6.72. The van der Waals surface area contributed by atoms with E-state index in [0.717, 1.165) is 35.9 Å². The number of amides is 1. The predicted molar refractivity (Wildman–Crippen MR) is 106 cm³/mol. The molecule has 3 rings (SSSR count). The Morgan fingerprint density at radius 3 is 2.70 bits per heavy atom. The van der Waals surface area contributed by atoms with Gasteiger partial charge in [0, 0.05) is 37.9 Å². The Balaban J connectivity index is 1.40. The molecule has 0 radical (unpaired) electrons. The lowest BCUT2D eigenvalue weighted by atomic mass is 10.2. The van der Waals surface area contributed by atoms with Crippen molar-refractivity contribution in [3.8, 4) is 5.75 Å². The van der Waals surface area contributed by atoms with Gasteiger partial charge in [-0.25, -0.2) is 4.98 Å². The van der Waals surface area contributed by atoms with Crippen molar-refractivity contribution < 1.29 is 9.53 Å². The fourth-order valence-electron chi connectivity index (χ4n) is 3.03. The third-order valence-corrected chi connectivity index (χ3v) is 4.45. The van der Waals surface area contributed by atoms with Crippen LogP contribution < -0.4 is 20.3 Å². The van der Waals surface area contributed by atoms with E-state index in [-0.39, 0.29) is 12.5 Å². The summed E-state index contributed by atoms with van der Waals surface area (Å²) in [5, 5.41) is 6.02. The van der Waals surface area contributed by atoms with Crippen LogP contribution in [0.4, 0.5) is 11.8 Å². The smallest absolute Gasteiger partial charge is 0.258 e. The molecule has 144 valence electrons. The number of anilines is 2. The largest absolute Gasteiger partial charge is 0.484 e. The van der Waals surface area contributed by atoms with Crippen LogP contribution in [0.1, 0.15) is 24.1 Å². The van der Waals surface area contributed by atoms with Crippen molar-refractivity contribution in [1.29, 1.82) is 0 Å². The molecule has 0 bridgehead atoms. The van der Waals surface area contributed by atoms with Gasteiger partial charge in [-0.1, -0.05) is 18.2 Å². The summed E-state index contributed by atoms with van der Waals surface area (Å²) in [6.07, 6.45) is 2.42. The number of para-hydroxylation sites is 1. The maximum Gasteiger partial charge on any atom is 0.258 e. The summed E-state index contributed by atoms with van der Waals surface area (Å²) in [6, 6.07) is 9.66. The zero-order valence-electron chi connectivity index (χ0n) is 16.0. The highest BCUT2D eigenvalue weighted by atomic mass is 16.5. The summed E-state index contributed by atoms with van der Waals surface area (Å²) >= 11 is 0. The molecule has 2 heterocycles. The lowest BCUT2D eigenvalue weighted by Crippen LogP contribution is -2.33. The highest BCUT2D eigenvalue weighted by Gasteiger charge is 2.15. The van der Waals surface area contributed by atoms with E-state index >= 15 is 0 Å². The Morgan fingerprint density at radius 1 is 1.15 bits per heavy atom. The number of hydrogen-bond donors (Lipinski definition) is 2. The van der Waals surface area contributed by atoms with Gasteiger partial charge in [-0.05, 0) is 38.3 Å². The molecule has 7 heteroatoms. The molecule has 1 aliphatic heterocycles. The molecule has 1 fully saturated rings. The first-order chi connectivity index (χ1) is 13.1. The molecule has 0 saturated carbocycles. The third kappa shape index (κ3) is 5.57. The molecule has 2 aromatic rings. The number of aryl methyl sites for hydroxylation is 2. The van der Waals surface area contributed by atoms with Gasteiger partial charge in [0.1, 0.15) is 11.6 Å². The zero-order chi connectivity index (χ0) is 19.1. The third-order valence-electron chi connectivity index (χ3n) is 4.45. The van der Waals surface area contributed by atoms with Gasteiger partial charge in [-0.2, -0.15) is 4.98 Å². The molecule has 27 heavy (non-hydrogen) atoms. The van der Waals surface area contributed by atoms with Gasteiger partial charge in [0.15, 0.2) is 6.61 Å². The van der Waals surface area contributed by atoms with Gasteiger partial charge in [0.05, 0.1) is 0 Å². The minimum atomic E-state index is -0.150. The standard InChI is InChI=1S/C20H27N5O2/c1-15-7-3-4-8-17(15)27-14-19(26)21-9-10-22-20-23-16(2)13-18(24-20)25-11-5-6-12-25/h3-4,7-8,13H,5-6,9-12,14H2,1-2H3,(H,21,26)(H,22,23,24). The number of nitrogens with zero attached hydrogens (tertiary/aromatic N) is 3. The molecule has 0 unspecified atom stereocenters. The van der Waals surface area contributed by atoms with E-state index in [1.54, 1.807) is 0 Å². The molecule has 1 aromatic carbocycles. The van der Waals surface area contributed by atoms with E-state index in [1.807, 2.05) is 44.2 Å². The predicted octanol–water partition coefficient (Wildman–Crippen LogP) is 2.30. The van der Waals surface area contributed by atoms with Gasteiger partial charge in [-0.15, -0.1) is 0 Å². The Bertz CT molecular complexity index is 775. The Hall–Kier alpha value is -2.83. The molecule has 0 spiro atoms. The highest BCUT2D eigenvalue weighted by molar-refractivity contribution is 5.77. The van der Waals surface area contributed by atoms with E-state index in [2.05, 4.69) is 25.5 Å². The summed E-state index contributed by atoms with van der Waals surface area (Å²) in [4.78, 5) is 23.2. The fourth-order valence-corrected chi connectivity index (χ4v) is 3.03. The average Bonchev–Trinajstić information content (AvgIpc) is 3.19. The monoisotopic (exact) mass is 369 g/mol. The molecule has 1 aliphatic rings. The van der Waals surface area contributed by atoms with Crippen LogP contribution >= 0.6 is 0 Å². The van der Waals surface area contributed by atoms with Crippen molar-refractivity contribution in [1.82, 2.24) is 15.3 Å². The van der Waals surface area contributed by atoms with Gasteiger partial charge >= 0.3 is 0 Å². The number of carbonyl (C=O) groups is 1. The Morgan fingerprint density at radius 2 is 1.93 bits per heavy atom. The highest BCUT2D eigenvalue weighted by Crippen LogP contribution is 2.19. The van der Waals surface area contributed by atoms with Crippen LogP contribution in [0.5, 0.6) is 5.75 Å². The summed E-state index contributed by atoms with van der Waals surface area (Å²) < 4.78 is 5.54. The lowest BCUT2D eigenvalue weighted by molar-refractivity contribution is -0.123. The molecule has 1 amide bonds. The first-order valence-electron chi connectivity index (χ1n) is 9.41. The van der Waals surface area contributed by atoms with E-state index < -0.39 is 0 Å². The van der Waals surface area contributed by atoms with Crippen LogP contribution in [0, 0.1) is 13.8 Å². The minimum absolute atomic E-state index is 0.00487. The number of ether oxygens (including phenoxy) is 1. The van der Waals surface area contributed by atoms with E-state index in [0.29, 0.717) is 19.0 Å². The van der Waals surface area contributed by atoms with Crippen LogP contribution in [0.15, 0.2) is 30.3 Å². The summed E-state index contributed by atoms with van der Waals surface area (Å²) in [7, 11) is 0. The summed E-state index contributed by atoms with van der Waals surface area (Å²) in [5.74, 6) is 2.15. The Kier molecular flexibility index (Phi) is 6.46. The molecule has 1 aromatic heterocycles. The van der Waals surface area contributed by atoms with Crippen LogP contribution in [0.25, 0.3) is 0 Å². The maximum absolute atomic E-state index is 11.9. The van der Waals surface area contributed by atoms with Crippen LogP contribution in [0.3, 0.4) is 0 Å². The first-order valence-corrected chi connectivity index (χ1v) is 9.41. The van der Waals surface area contributed by atoms with Crippen LogP contribution in [-0.2, 0) is 4.79 Å². The Labute approximate surface area is 160 Å². The molecule has 0 atom stereocenters. The first kappa shape index (κ1) is 18.9.